The number of aromatic nitrogens is 2. The average Bonchev–Trinajstić information content (AvgIpc) is 3.28. The second kappa shape index (κ2) is 8.92. The molecule has 6 heteroatoms. The van der Waals surface area contributed by atoms with E-state index in [9.17, 15) is 9.59 Å². The van der Waals surface area contributed by atoms with E-state index in [4.69, 9.17) is 4.98 Å². The lowest BCUT2D eigenvalue weighted by molar-refractivity contribution is -0.129. The summed E-state index contributed by atoms with van der Waals surface area (Å²) >= 11 is 0. The molecule has 3 aromatic rings. The van der Waals surface area contributed by atoms with E-state index in [0.717, 1.165) is 28.8 Å². The largest absolute Gasteiger partial charge is 0.346 e. The van der Waals surface area contributed by atoms with Crippen LogP contribution in [0.15, 0.2) is 54.6 Å². The third-order valence-electron chi connectivity index (χ3n) is 5.96. The molecule has 162 valence electrons. The lowest BCUT2D eigenvalue weighted by atomic mass is 10.0. The Morgan fingerprint density at radius 1 is 1.13 bits per heavy atom. The van der Waals surface area contributed by atoms with Crippen LogP contribution < -0.4 is 5.32 Å². The molecule has 1 N–H and O–H groups in total. The Morgan fingerprint density at radius 3 is 2.55 bits per heavy atom. The molecule has 0 radical (unpaired) electrons. The van der Waals surface area contributed by atoms with Gasteiger partial charge in [-0.2, -0.15) is 0 Å². The second-order valence-corrected chi connectivity index (χ2v) is 8.87. The minimum absolute atomic E-state index is 0.0344. The van der Waals surface area contributed by atoms with Gasteiger partial charge in [0.2, 0.25) is 11.8 Å². The minimum Gasteiger partial charge on any atom is -0.346 e. The van der Waals surface area contributed by atoms with Crippen molar-refractivity contribution in [3.8, 4) is 0 Å². The number of amides is 2. The Hall–Kier alpha value is -3.15. The standard InChI is InChI=1S/C25H30N4O2/c1-17(2)13-21(24-26-20-11-7-8-12-22(20)28(24)3)27-25(31)19-14-23(30)29(16-19)15-18-9-5-4-6-10-18/h4-12,17,19,21H,13-16H2,1-3H3,(H,27,31)/t19?,21-/m0/s1. The van der Waals surface area contributed by atoms with Gasteiger partial charge < -0.3 is 14.8 Å². The maximum atomic E-state index is 13.2. The Balaban J connectivity index is 1.49. The number of nitrogens with one attached hydrogen (secondary N) is 1. The monoisotopic (exact) mass is 418 g/mol. The number of carbonyl (C=O) groups is 2. The molecule has 1 aromatic heterocycles. The van der Waals surface area contributed by atoms with E-state index in [1.807, 2.05) is 61.6 Å². The van der Waals surface area contributed by atoms with Crippen molar-refractivity contribution in [2.75, 3.05) is 6.54 Å². The number of hydrogen-bond donors (Lipinski definition) is 1. The molecule has 1 saturated heterocycles. The van der Waals surface area contributed by atoms with Crippen molar-refractivity contribution >= 4 is 22.8 Å². The number of nitrogens with zero attached hydrogens (tertiary/aromatic N) is 3. The van der Waals surface area contributed by atoms with Crippen LogP contribution in [0.5, 0.6) is 0 Å². The van der Waals surface area contributed by atoms with Crippen molar-refractivity contribution in [1.29, 1.82) is 0 Å². The summed E-state index contributed by atoms with van der Waals surface area (Å²) in [5.74, 6) is 0.882. The lowest BCUT2D eigenvalue weighted by Crippen LogP contribution is -2.37. The van der Waals surface area contributed by atoms with Crippen LogP contribution in [0.25, 0.3) is 11.0 Å². The molecular formula is C25H30N4O2. The summed E-state index contributed by atoms with van der Waals surface area (Å²) in [5.41, 5.74) is 3.05. The van der Waals surface area contributed by atoms with Crippen molar-refractivity contribution in [3.05, 3.63) is 66.0 Å². The minimum atomic E-state index is -0.333. The molecule has 2 amide bonds. The van der Waals surface area contributed by atoms with Crippen LogP contribution in [0.1, 0.15) is 44.1 Å². The Morgan fingerprint density at radius 2 is 1.84 bits per heavy atom. The number of benzene rings is 2. The number of likely N-dealkylation sites (tertiary alicyclic amines) is 1. The highest BCUT2D eigenvalue weighted by Crippen LogP contribution is 2.26. The van der Waals surface area contributed by atoms with E-state index in [-0.39, 0.29) is 30.2 Å². The molecule has 0 saturated carbocycles. The molecule has 0 spiro atoms. The Labute approximate surface area is 183 Å². The highest BCUT2D eigenvalue weighted by Gasteiger charge is 2.35. The predicted octanol–water partition coefficient (Wildman–Crippen LogP) is 3.83. The first-order valence-corrected chi connectivity index (χ1v) is 11.0. The number of rotatable bonds is 7. The lowest BCUT2D eigenvalue weighted by Gasteiger charge is -2.22. The molecule has 2 atom stereocenters. The van der Waals surface area contributed by atoms with Crippen molar-refractivity contribution in [3.63, 3.8) is 0 Å². The molecule has 31 heavy (non-hydrogen) atoms. The molecule has 4 rings (SSSR count). The van der Waals surface area contributed by atoms with E-state index < -0.39 is 0 Å². The van der Waals surface area contributed by atoms with Gasteiger partial charge in [-0.05, 0) is 30.0 Å². The quantitative estimate of drug-likeness (QED) is 0.634. The van der Waals surface area contributed by atoms with Crippen molar-refractivity contribution in [2.45, 2.75) is 39.3 Å². The maximum absolute atomic E-state index is 13.2. The highest BCUT2D eigenvalue weighted by molar-refractivity contribution is 5.89. The topological polar surface area (TPSA) is 67.2 Å². The number of hydrogen-bond acceptors (Lipinski definition) is 3. The van der Waals surface area contributed by atoms with Crippen LogP contribution in [0.3, 0.4) is 0 Å². The zero-order chi connectivity index (χ0) is 22.0. The van der Waals surface area contributed by atoms with Gasteiger partial charge in [-0.25, -0.2) is 4.98 Å². The van der Waals surface area contributed by atoms with E-state index in [1.54, 1.807) is 4.90 Å². The van der Waals surface area contributed by atoms with Gasteiger partial charge in [0.15, 0.2) is 0 Å². The summed E-state index contributed by atoms with van der Waals surface area (Å²) in [6, 6.07) is 17.7. The molecule has 6 nitrogen and oxygen atoms in total. The first kappa shape index (κ1) is 21.1. The molecule has 0 aliphatic carbocycles. The summed E-state index contributed by atoms with van der Waals surface area (Å²) in [6.45, 7) is 5.28. The van der Waals surface area contributed by atoms with Gasteiger partial charge in [-0.3, -0.25) is 9.59 Å². The Bertz CT molecular complexity index is 1070. The normalized spacial score (nSPS) is 17.5. The van der Waals surface area contributed by atoms with Crippen LogP contribution in [0.2, 0.25) is 0 Å². The smallest absolute Gasteiger partial charge is 0.226 e. The van der Waals surface area contributed by atoms with E-state index in [2.05, 4.69) is 23.7 Å². The molecule has 0 bridgehead atoms. The van der Waals surface area contributed by atoms with E-state index in [1.165, 1.54) is 0 Å². The fourth-order valence-corrected chi connectivity index (χ4v) is 4.37. The molecule has 1 aliphatic heterocycles. The fraction of sp³-hybridized carbons (Fsp3) is 0.400. The van der Waals surface area contributed by atoms with Crippen molar-refractivity contribution in [2.24, 2.45) is 18.9 Å². The Kier molecular flexibility index (Phi) is 6.07. The molecule has 2 heterocycles. The fourth-order valence-electron chi connectivity index (χ4n) is 4.37. The summed E-state index contributed by atoms with van der Waals surface area (Å²) < 4.78 is 2.06. The summed E-state index contributed by atoms with van der Waals surface area (Å²) in [7, 11) is 1.99. The van der Waals surface area contributed by atoms with Gasteiger partial charge in [-0.15, -0.1) is 0 Å². The van der Waals surface area contributed by atoms with Gasteiger partial charge in [0.25, 0.3) is 0 Å². The van der Waals surface area contributed by atoms with Gasteiger partial charge in [-0.1, -0.05) is 56.3 Å². The summed E-state index contributed by atoms with van der Waals surface area (Å²) in [4.78, 5) is 32.3. The van der Waals surface area contributed by atoms with Gasteiger partial charge in [0.1, 0.15) is 5.82 Å². The summed E-state index contributed by atoms with van der Waals surface area (Å²) in [5, 5.41) is 3.21. The summed E-state index contributed by atoms with van der Waals surface area (Å²) in [6.07, 6.45) is 1.05. The predicted molar refractivity (Wildman–Crippen MR) is 121 cm³/mol. The third kappa shape index (κ3) is 4.63. The van der Waals surface area contributed by atoms with Crippen LogP contribution >= 0.6 is 0 Å². The SMILES string of the molecule is CC(C)C[C@H](NC(=O)C1CC(=O)N(Cc2ccccc2)C1)c1nc2ccccc2n1C. The molecule has 2 aromatic carbocycles. The number of aryl methyl sites for hydroxylation is 1. The zero-order valence-electron chi connectivity index (χ0n) is 18.4. The number of imidazole rings is 1. The van der Waals surface area contributed by atoms with Crippen molar-refractivity contribution in [1.82, 2.24) is 19.8 Å². The van der Waals surface area contributed by atoms with Gasteiger partial charge in [0.05, 0.1) is 23.0 Å². The number of carbonyl (C=O) groups excluding carboxylic acids is 2. The average molecular weight is 419 g/mol. The van der Waals surface area contributed by atoms with Crippen LogP contribution in [0.4, 0.5) is 0 Å². The first-order chi connectivity index (χ1) is 14.9. The highest BCUT2D eigenvalue weighted by atomic mass is 16.2. The first-order valence-electron chi connectivity index (χ1n) is 11.0. The number of fused-ring (bicyclic) bond motifs is 1. The third-order valence-corrected chi connectivity index (χ3v) is 5.96. The van der Waals surface area contributed by atoms with E-state index >= 15 is 0 Å². The molecule has 1 fully saturated rings. The van der Waals surface area contributed by atoms with Crippen LogP contribution in [-0.2, 0) is 23.2 Å². The maximum Gasteiger partial charge on any atom is 0.226 e. The van der Waals surface area contributed by atoms with Gasteiger partial charge in [0, 0.05) is 26.6 Å². The van der Waals surface area contributed by atoms with Gasteiger partial charge >= 0.3 is 0 Å². The molecule has 1 unspecified atom stereocenters. The van der Waals surface area contributed by atoms with E-state index in [0.29, 0.717) is 19.0 Å². The molecule has 1 aliphatic rings. The molecular weight excluding hydrogens is 388 g/mol. The van der Waals surface area contributed by atoms with Crippen molar-refractivity contribution < 1.29 is 9.59 Å². The van der Waals surface area contributed by atoms with Crippen LogP contribution in [-0.4, -0.2) is 32.8 Å². The second-order valence-electron chi connectivity index (χ2n) is 8.87. The zero-order valence-corrected chi connectivity index (χ0v) is 18.4. The van der Waals surface area contributed by atoms with Crippen LogP contribution in [0, 0.1) is 11.8 Å². The number of para-hydroxylation sites is 2.